The van der Waals surface area contributed by atoms with Crippen molar-refractivity contribution in [3.05, 3.63) is 53.2 Å². The summed E-state index contributed by atoms with van der Waals surface area (Å²) < 4.78 is 28.7. The van der Waals surface area contributed by atoms with Crippen molar-refractivity contribution in [3.8, 4) is 5.88 Å². The van der Waals surface area contributed by atoms with Gasteiger partial charge in [0.15, 0.2) is 15.8 Å². The molecule has 0 saturated carbocycles. The van der Waals surface area contributed by atoms with Crippen LogP contribution in [0.3, 0.4) is 0 Å². The second-order valence-corrected chi connectivity index (χ2v) is 8.08. The zero-order chi connectivity index (χ0) is 19.9. The Morgan fingerprint density at radius 1 is 1.25 bits per heavy atom. The van der Waals surface area contributed by atoms with Gasteiger partial charge in [-0.05, 0) is 37.1 Å². The molecule has 0 amide bonds. The molecule has 0 unspecified atom stereocenters. The molecule has 1 aromatic carbocycles. The Hall–Kier alpha value is -1.88. The number of nitrogens with one attached hydrogen (secondary N) is 2. The lowest BCUT2D eigenvalue weighted by Crippen LogP contribution is -2.36. The molecule has 0 saturated heterocycles. The van der Waals surface area contributed by atoms with E-state index in [-0.39, 0.29) is 24.0 Å². The van der Waals surface area contributed by atoms with E-state index < -0.39 is 9.84 Å². The maximum Gasteiger partial charge on any atom is 0.218 e. The Kier molecular flexibility index (Phi) is 9.66. The van der Waals surface area contributed by atoms with Gasteiger partial charge >= 0.3 is 0 Å². The first-order chi connectivity index (χ1) is 12.8. The minimum Gasteiger partial charge on any atom is -0.481 e. The van der Waals surface area contributed by atoms with Crippen molar-refractivity contribution in [3.63, 3.8) is 0 Å². The second-order valence-electron chi connectivity index (χ2n) is 6.09. The number of hydrogen-bond donors (Lipinski definition) is 2. The van der Waals surface area contributed by atoms with Gasteiger partial charge in [0.2, 0.25) is 5.88 Å². The predicted molar refractivity (Wildman–Crippen MR) is 122 cm³/mol. The quantitative estimate of drug-likeness (QED) is 0.333. The van der Waals surface area contributed by atoms with Gasteiger partial charge in [0, 0.05) is 31.1 Å². The fourth-order valence-electron chi connectivity index (χ4n) is 2.66. The minimum atomic E-state index is -3.21. The molecule has 0 radical (unpaired) electrons. The standard InChI is InChI=1S/C19H26N4O3S.HI/c1-5-20-19(23-13-16-7-6-10-21-18(16)26-3)22-12-15-8-9-17(14(2)11-15)27(4,24)25;/h6-11H,5,12-13H2,1-4H3,(H2,20,22,23);1H. The highest BCUT2D eigenvalue weighted by Crippen LogP contribution is 2.17. The van der Waals surface area contributed by atoms with Crippen molar-refractivity contribution < 1.29 is 13.2 Å². The number of rotatable bonds is 7. The van der Waals surface area contributed by atoms with E-state index in [1.54, 1.807) is 32.4 Å². The van der Waals surface area contributed by atoms with E-state index in [9.17, 15) is 8.42 Å². The van der Waals surface area contributed by atoms with Crippen LogP contribution in [0.5, 0.6) is 5.88 Å². The van der Waals surface area contributed by atoms with Gasteiger partial charge in [-0.1, -0.05) is 18.2 Å². The van der Waals surface area contributed by atoms with E-state index in [1.165, 1.54) is 6.26 Å². The van der Waals surface area contributed by atoms with Crippen LogP contribution in [0.1, 0.15) is 23.6 Å². The lowest BCUT2D eigenvalue weighted by Gasteiger charge is -2.13. The molecule has 0 aliphatic rings. The number of methoxy groups -OCH3 is 1. The van der Waals surface area contributed by atoms with Crippen molar-refractivity contribution in [2.24, 2.45) is 4.99 Å². The zero-order valence-electron chi connectivity index (χ0n) is 16.5. The van der Waals surface area contributed by atoms with Crippen LogP contribution < -0.4 is 15.4 Å². The first-order valence-corrected chi connectivity index (χ1v) is 10.5. The van der Waals surface area contributed by atoms with E-state index in [4.69, 9.17) is 4.74 Å². The van der Waals surface area contributed by atoms with Gasteiger partial charge in [-0.3, -0.25) is 0 Å². The van der Waals surface area contributed by atoms with Crippen LogP contribution >= 0.6 is 24.0 Å². The maximum absolute atomic E-state index is 11.7. The summed E-state index contributed by atoms with van der Waals surface area (Å²) in [6.45, 7) is 5.47. The number of aryl methyl sites for hydroxylation is 1. The Labute approximate surface area is 184 Å². The highest BCUT2D eigenvalue weighted by Gasteiger charge is 2.11. The Bertz CT molecular complexity index is 917. The third kappa shape index (κ3) is 6.93. The number of sulfone groups is 1. The Balaban J connectivity index is 0.00000392. The number of aliphatic imine (C=N–C) groups is 1. The van der Waals surface area contributed by atoms with Gasteiger partial charge in [-0.15, -0.1) is 24.0 Å². The summed E-state index contributed by atoms with van der Waals surface area (Å²) in [5, 5.41) is 6.45. The number of halogens is 1. The lowest BCUT2D eigenvalue weighted by molar-refractivity contribution is 0.392. The van der Waals surface area contributed by atoms with Crippen LogP contribution in [-0.2, 0) is 22.9 Å². The maximum atomic E-state index is 11.7. The van der Waals surface area contributed by atoms with Crippen LogP contribution in [-0.4, -0.2) is 39.3 Å². The number of aromatic nitrogens is 1. The van der Waals surface area contributed by atoms with E-state index in [0.29, 0.717) is 29.8 Å². The second kappa shape index (κ2) is 11.2. The average Bonchev–Trinajstić information content (AvgIpc) is 2.63. The normalized spacial score (nSPS) is 11.5. The molecule has 9 heteroatoms. The first-order valence-electron chi connectivity index (χ1n) is 8.64. The molecule has 2 aromatic rings. The molecule has 7 nitrogen and oxygen atoms in total. The summed E-state index contributed by atoms with van der Waals surface area (Å²) in [6.07, 6.45) is 2.90. The molecule has 0 fully saturated rings. The van der Waals surface area contributed by atoms with Crippen molar-refractivity contribution in [2.75, 3.05) is 19.9 Å². The fraction of sp³-hybridized carbons (Fsp3) is 0.368. The Morgan fingerprint density at radius 2 is 2.00 bits per heavy atom. The first kappa shape index (κ1) is 24.2. The number of pyridine rings is 1. The van der Waals surface area contributed by atoms with E-state index in [0.717, 1.165) is 23.2 Å². The van der Waals surface area contributed by atoms with Gasteiger partial charge in [-0.2, -0.15) is 0 Å². The van der Waals surface area contributed by atoms with E-state index >= 15 is 0 Å². The molecule has 1 aromatic heterocycles. The van der Waals surface area contributed by atoms with Crippen LogP contribution in [0.25, 0.3) is 0 Å². The fourth-order valence-corrected chi connectivity index (χ4v) is 3.62. The molecule has 0 aliphatic carbocycles. The van der Waals surface area contributed by atoms with Gasteiger partial charge in [-0.25, -0.2) is 18.4 Å². The summed E-state index contributed by atoms with van der Waals surface area (Å²) in [7, 11) is -1.62. The summed E-state index contributed by atoms with van der Waals surface area (Å²) in [5.74, 6) is 1.24. The highest BCUT2D eigenvalue weighted by molar-refractivity contribution is 14.0. The number of nitrogens with zero attached hydrogens (tertiary/aromatic N) is 2. The highest BCUT2D eigenvalue weighted by atomic mass is 127. The van der Waals surface area contributed by atoms with Crippen molar-refractivity contribution in [1.29, 1.82) is 0 Å². The number of benzene rings is 1. The van der Waals surface area contributed by atoms with E-state index in [1.807, 2.05) is 25.1 Å². The van der Waals surface area contributed by atoms with Crippen LogP contribution in [0.2, 0.25) is 0 Å². The molecular formula is C19H27IN4O3S. The average molecular weight is 518 g/mol. The minimum absolute atomic E-state index is 0. The zero-order valence-corrected chi connectivity index (χ0v) is 19.7. The van der Waals surface area contributed by atoms with Gasteiger partial charge in [0.05, 0.1) is 18.6 Å². The predicted octanol–water partition coefficient (Wildman–Crippen LogP) is 2.68. The summed E-state index contributed by atoms with van der Waals surface area (Å²) in [4.78, 5) is 9.10. The lowest BCUT2D eigenvalue weighted by atomic mass is 10.1. The molecule has 0 atom stereocenters. The number of ether oxygens (including phenoxy) is 1. The van der Waals surface area contributed by atoms with Gasteiger partial charge in [0.25, 0.3) is 0 Å². The monoisotopic (exact) mass is 518 g/mol. The molecule has 2 N–H and O–H groups in total. The molecule has 2 rings (SSSR count). The van der Waals surface area contributed by atoms with Gasteiger partial charge < -0.3 is 15.4 Å². The molecule has 28 heavy (non-hydrogen) atoms. The molecule has 0 bridgehead atoms. The van der Waals surface area contributed by atoms with Crippen molar-refractivity contribution in [2.45, 2.75) is 31.8 Å². The molecule has 1 heterocycles. The largest absolute Gasteiger partial charge is 0.481 e. The van der Waals surface area contributed by atoms with Crippen molar-refractivity contribution in [1.82, 2.24) is 15.6 Å². The van der Waals surface area contributed by atoms with Crippen LogP contribution in [0.4, 0.5) is 0 Å². The topological polar surface area (TPSA) is 92.7 Å². The van der Waals surface area contributed by atoms with Crippen molar-refractivity contribution >= 4 is 39.8 Å². The SMILES string of the molecule is CCNC(=NCc1ccc(S(C)(=O)=O)c(C)c1)NCc1cccnc1OC.I. The van der Waals surface area contributed by atoms with Crippen LogP contribution in [0, 0.1) is 6.92 Å². The smallest absolute Gasteiger partial charge is 0.218 e. The third-order valence-electron chi connectivity index (χ3n) is 3.89. The summed E-state index contributed by atoms with van der Waals surface area (Å²) in [5.41, 5.74) is 2.60. The summed E-state index contributed by atoms with van der Waals surface area (Å²) >= 11 is 0. The van der Waals surface area contributed by atoms with E-state index in [2.05, 4.69) is 20.6 Å². The summed E-state index contributed by atoms with van der Waals surface area (Å²) in [6, 6.07) is 9.08. The van der Waals surface area contributed by atoms with Crippen LogP contribution in [0.15, 0.2) is 46.4 Å². The molecule has 0 aliphatic heterocycles. The number of hydrogen-bond acceptors (Lipinski definition) is 5. The third-order valence-corrected chi connectivity index (χ3v) is 5.15. The molecular weight excluding hydrogens is 491 g/mol. The Morgan fingerprint density at radius 3 is 2.61 bits per heavy atom. The molecule has 154 valence electrons. The van der Waals surface area contributed by atoms with Gasteiger partial charge in [0.1, 0.15) is 0 Å². The number of guanidine groups is 1. The molecule has 0 spiro atoms.